The van der Waals surface area contributed by atoms with Crippen LogP contribution in [0.4, 0.5) is 0 Å². The highest BCUT2D eigenvalue weighted by atomic mass is 16.6. The van der Waals surface area contributed by atoms with E-state index in [2.05, 4.69) is 5.16 Å². The van der Waals surface area contributed by atoms with Crippen LogP contribution in [0.1, 0.15) is 37.5 Å². The summed E-state index contributed by atoms with van der Waals surface area (Å²) in [5.41, 5.74) is 2.65. The molecule has 24 heavy (non-hydrogen) atoms. The third-order valence-electron chi connectivity index (χ3n) is 4.17. The van der Waals surface area contributed by atoms with E-state index in [9.17, 15) is 4.79 Å². The van der Waals surface area contributed by atoms with Gasteiger partial charge in [0.2, 0.25) is 0 Å². The smallest absolute Gasteiger partial charge is 0.272 e. The first-order valence-corrected chi connectivity index (χ1v) is 8.27. The van der Waals surface area contributed by atoms with E-state index in [1.165, 1.54) is 0 Å². The van der Waals surface area contributed by atoms with E-state index in [4.69, 9.17) is 4.84 Å². The first kappa shape index (κ1) is 16.2. The summed E-state index contributed by atoms with van der Waals surface area (Å²) in [5.74, 6) is -0.0488. The van der Waals surface area contributed by atoms with E-state index >= 15 is 0 Å². The highest BCUT2D eigenvalue weighted by Gasteiger charge is 2.31. The zero-order valence-corrected chi connectivity index (χ0v) is 14.1. The van der Waals surface area contributed by atoms with Crippen molar-refractivity contribution in [3.63, 3.8) is 0 Å². The summed E-state index contributed by atoms with van der Waals surface area (Å²) in [6.45, 7) is 4.62. The van der Waals surface area contributed by atoms with Gasteiger partial charge in [0.15, 0.2) is 6.10 Å². The zero-order valence-electron chi connectivity index (χ0n) is 14.1. The molecular weight excluding hydrogens is 300 g/mol. The lowest BCUT2D eigenvalue weighted by atomic mass is 10.0. The molecule has 1 aliphatic rings. The van der Waals surface area contributed by atoms with Crippen LogP contribution < -0.4 is 0 Å². The molecule has 0 unspecified atom stereocenters. The third kappa shape index (κ3) is 3.65. The lowest BCUT2D eigenvalue weighted by molar-refractivity contribution is -0.126. The minimum absolute atomic E-state index is 0.0488. The summed E-state index contributed by atoms with van der Waals surface area (Å²) < 4.78 is 0. The van der Waals surface area contributed by atoms with Gasteiger partial charge in [-0.05, 0) is 25.0 Å². The van der Waals surface area contributed by atoms with E-state index in [-0.39, 0.29) is 18.1 Å². The van der Waals surface area contributed by atoms with Crippen LogP contribution in [0.15, 0.2) is 65.8 Å². The first-order valence-electron chi connectivity index (χ1n) is 8.27. The molecule has 2 aromatic rings. The fraction of sp³-hybridized carbons (Fsp3) is 0.300. The lowest BCUT2D eigenvalue weighted by Gasteiger charge is -2.26. The molecule has 0 radical (unpaired) electrons. The summed E-state index contributed by atoms with van der Waals surface area (Å²) in [6.07, 6.45) is 0.344. The van der Waals surface area contributed by atoms with Crippen LogP contribution in [0.2, 0.25) is 0 Å². The van der Waals surface area contributed by atoms with Gasteiger partial charge >= 0.3 is 0 Å². The molecule has 0 saturated heterocycles. The Kier molecular flexibility index (Phi) is 4.94. The summed E-state index contributed by atoms with van der Waals surface area (Å²) in [5, 5.41) is 4.06. The fourth-order valence-corrected chi connectivity index (χ4v) is 2.78. The van der Waals surface area contributed by atoms with E-state index in [1.54, 1.807) is 0 Å². The highest BCUT2D eigenvalue weighted by molar-refractivity contribution is 6.39. The lowest BCUT2D eigenvalue weighted by Crippen LogP contribution is -2.40. The van der Waals surface area contributed by atoms with Crippen LogP contribution in [0.25, 0.3) is 0 Å². The average molecular weight is 322 g/mol. The summed E-state index contributed by atoms with van der Waals surface area (Å²) in [6, 6.07) is 20.0. The minimum atomic E-state index is -0.170. The van der Waals surface area contributed by atoms with Crippen LogP contribution in [0.3, 0.4) is 0 Å². The van der Waals surface area contributed by atoms with Crippen LogP contribution >= 0.6 is 0 Å². The molecule has 124 valence electrons. The predicted octanol–water partition coefficient (Wildman–Crippen LogP) is 3.94. The number of hydrogen-bond acceptors (Lipinski definition) is 3. The van der Waals surface area contributed by atoms with Gasteiger partial charge in [-0.15, -0.1) is 0 Å². The standard InChI is InChI=1S/C20H22N2O2/c1-15(2)22(14-16-9-5-3-6-10-16)20(23)18-13-19(24-21-18)17-11-7-4-8-12-17/h3-12,15,19H,13-14H2,1-2H3/t19-/m1/s1. The molecule has 1 atom stereocenters. The Labute approximate surface area is 142 Å². The maximum Gasteiger partial charge on any atom is 0.272 e. The van der Waals surface area contributed by atoms with E-state index in [1.807, 2.05) is 79.4 Å². The Balaban J connectivity index is 1.70. The number of carbonyl (C=O) groups excluding carboxylic acids is 1. The molecule has 4 nitrogen and oxygen atoms in total. The largest absolute Gasteiger partial charge is 0.387 e. The van der Waals surface area contributed by atoms with Crippen molar-refractivity contribution in [1.82, 2.24) is 4.90 Å². The minimum Gasteiger partial charge on any atom is -0.387 e. The van der Waals surface area contributed by atoms with E-state index in [0.29, 0.717) is 18.7 Å². The second-order valence-corrected chi connectivity index (χ2v) is 6.26. The van der Waals surface area contributed by atoms with Gasteiger partial charge in [0, 0.05) is 19.0 Å². The van der Waals surface area contributed by atoms with Crippen molar-refractivity contribution in [2.24, 2.45) is 5.16 Å². The Hall–Kier alpha value is -2.62. The summed E-state index contributed by atoms with van der Waals surface area (Å²) >= 11 is 0. The van der Waals surface area contributed by atoms with Crippen molar-refractivity contribution < 1.29 is 9.63 Å². The molecule has 3 rings (SSSR count). The SMILES string of the molecule is CC(C)N(Cc1ccccc1)C(=O)C1=NO[C@@H](c2ccccc2)C1. The van der Waals surface area contributed by atoms with Gasteiger partial charge in [0.05, 0.1) is 0 Å². The maximum absolute atomic E-state index is 12.9. The number of oxime groups is 1. The van der Waals surface area contributed by atoms with Crippen LogP contribution in [-0.4, -0.2) is 22.6 Å². The molecule has 0 spiro atoms. The number of nitrogens with zero attached hydrogens (tertiary/aromatic N) is 2. The third-order valence-corrected chi connectivity index (χ3v) is 4.17. The number of rotatable bonds is 5. The maximum atomic E-state index is 12.9. The molecule has 0 N–H and O–H groups in total. The van der Waals surface area contributed by atoms with Crippen LogP contribution in [-0.2, 0) is 16.2 Å². The van der Waals surface area contributed by atoms with Crippen molar-refractivity contribution in [3.05, 3.63) is 71.8 Å². The van der Waals surface area contributed by atoms with Crippen LogP contribution in [0, 0.1) is 0 Å². The summed E-state index contributed by atoms with van der Waals surface area (Å²) in [7, 11) is 0. The van der Waals surface area contributed by atoms with Crippen molar-refractivity contribution in [3.8, 4) is 0 Å². The summed E-state index contributed by atoms with van der Waals surface area (Å²) in [4.78, 5) is 20.2. The molecule has 0 bridgehead atoms. The average Bonchev–Trinajstić information content (AvgIpc) is 3.11. The van der Waals surface area contributed by atoms with Gasteiger partial charge in [-0.2, -0.15) is 0 Å². The Morgan fingerprint density at radius 2 is 1.75 bits per heavy atom. The molecule has 0 saturated carbocycles. The van der Waals surface area contributed by atoms with Crippen LogP contribution in [0.5, 0.6) is 0 Å². The highest BCUT2D eigenvalue weighted by Crippen LogP contribution is 2.28. The van der Waals surface area contributed by atoms with Gasteiger partial charge in [0.25, 0.3) is 5.91 Å². The number of benzene rings is 2. The van der Waals surface area contributed by atoms with Gasteiger partial charge in [-0.25, -0.2) is 0 Å². The number of hydrogen-bond donors (Lipinski definition) is 0. The number of carbonyl (C=O) groups is 1. The van der Waals surface area contributed by atoms with Gasteiger partial charge in [-0.1, -0.05) is 65.8 Å². The molecule has 1 aliphatic heterocycles. The normalized spacial score (nSPS) is 16.6. The quantitative estimate of drug-likeness (QED) is 0.836. The Morgan fingerprint density at radius 1 is 1.12 bits per heavy atom. The molecule has 1 heterocycles. The van der Waals surface area contributed by atoms with Crippen molar-refractivity contribution >= 4 is 11.6 Å². The zero-order chi connectivity index (χ0) is 16.9. The molecule has 1 amide bonds. The monoisotopic (exact) mass is 322 g/mol. The van der Waals surface area contributed by atoms with E-state index < -0.39 is 0 Å². The number of amides is 1. The molecule has 2 aromatic carbocycles. The second kappa shape index (κ2) is 7.30. The molecule has 0 fully saturated rings. The van der Waals surface area contributed by atoms with Gasteiger partial charge in [0.1, 0.15) is 5.71 Å². The molecule has 0 aromatic heterocycles. The van der Waals surface area contributed by atoms with Crippen molar-refractivity contribution in [1.29, 1.82) is 0 Å². The van der Waals surface area contributed by atoms with Gasteiger partial charge < -0.3 is 9.74 Å². The van der Waals surface area contributed by atoms with Crippen molar-refractivity contribution in [2.75, 3.05) is 0 Å². The van der Waals surface area contributed by atoms with E-state index in [0.717, 1.165) is 11.1 Å². The van der Waals surface area contributed by atoms with Crippen molar-refractivity contribution in [2.45, 2.75) is 39.0 Å². The topological polar surface area (TPSA) is 41.9 Å². The predicted molar refractivity (Wildman–Crippen MR) is 94.4 cm³/mol. The fourth-order valence-electron chi connectivity index (χ4n) is 2.78. The van der Waals surface area contributed by atoms with Gasteiger partial charge in [-0.3, -0.25) is 4.79 Å². The first-order chi connectivity index (χ1) is 11.6. The Morgan fingerprint density at radius 3 is 2.38 bits per heavy atom. The molecule has 0 aliphatic carbocycles. The second-order valence-electron chi connectivity index (χ2n) is 6.26. The molecule has 4 heteroatoms. The molecular formula is C20H22N2O2. The Bertz CT molecular complexity index is 711.